The molecule has 1 aliphatic rings. The molecular formula is C25H28N4O. The second-order valence-electron chi connectivity index (χ2n) is 9.07. The van der Waals surface area contributed by atoms with Crippen molar-refractivity contribution in [2.24, 2.45) is 5.41 Å². The molecule has 5 nitrogen and oxygen atoms in total. The van der Waals surface area contributed by atoms with Gasteiger partial charge in [-0.2, -0.15) is 4.98 Å². The first kappa shape index (κ1) is 20.1. The van der Waals surface area contributed by atoms with Gasteiger partial charge in [0.2, 0.25) is 5.95 Å². The molecule has 0 aliphatic heterocycles. The smallest absolute Gasteiger partial charge is 0.229 e. The van der Waals surface area contributed by atoms with Crippen LogP contribution in [0.2, 0.25) is 0 Å². The molecule has 0 radical (unpaired) electrons. The van der Waals surface area contributed by atoms with Crippen LogP contribution in [0.1, 0.15) is 53.0 Å². The topological polar surface area (TPSA) is 66.9 Å². The van der Waals surface area contributed by atoms with E-state index in [4.69, 9.17) is 9.97 Å². The zero-order valence-electron chi connectivity index (χ0n) is 18.3. The summed E-state index contributed by atoms with van der Waals surface area (Å²) in [5.74, 6) is 1.15. The van der Waals surface area contributed by atoms with Gasteiger partial charge in [0.25, 0.3) is 0 Å². The lowest BCUT2D eigenvalue weighted by Crippen LogP contribution is -2.29. The summed E-state index contributed by atoms with van der Waals surface area (Å²) in [6.07, 6.45) is 1.23. The lowest BCUT2D eigenvalue weighted by Gasteiger charge is -2.30. The van der Waals surface area contributed by atoms with Crippen LogP contribution in [0.3, 0.4) is 0 Å². The number of Topliss-reactive ketones (excluding diaryl/α,β-unsaturated/α-hetero) is 1. The van der Waals surface area contributed by atoms with E-state index in [2.05, 4.69) is 50.5 Å². The molecule has 0 saturated carbocycles. The Balaban J connectivity index is 1.76. The van der Waals surface area contributed by atoms with Crippen molar-refractivity contribution in [2.75, 3.05) is 10.6 Å². The van der Waals surface area contributed by atoms with Crippen LogP contribution in [0.5, 0.6) is 0 Å². The summed E-state index contributed by atoms with van der Waals surface area (Å²) in [4.78, 5) is 22.4. The maximum atomic E-state index is 13.0. The van der Waals surface area contributed by atoms with Crippen molar-refractivity contribution < 1.29 is 4.79 Å². The van der Waals surface area contributed by atoms with Gasteiger partial charge in [-0.25, -0.2) is 4.98 Å². The van der Waals surface area contributed by atoms with E-state index in [9.17, 15) is 4.79 Å². The van der Waals surface area contributed by atoms with Crippen molar-refractivity contribution in [3.05, 3.63) is 70.4 Å². The maximum Gasteiger partial charge on any atom is 0.229 e. The molecule has 1 heterocycles. The molecule has 1 aromatic heterocycles. The van der Waals surface area contributed by atoms with Crippen LogP contribution in [-0.4, -0.2) is 15.8 Å². The largest absolute Gasteiger partial charge is 0.339 e. The first-order valence-electron chi connectivity index (χ1n) is 10.3. The highest BCUT2D eigenvalue weighted by Gasteiger charge is 2.35. The molecule has 0 amide bonds. The number of hydrogen-bond acceptors (Lipinski definition) is 5. The number of carbonyl (C=O) groups is 1. The van der Waals surface area contributed by atoms with Crippen molar-refractivity contribution in [3.8, 4) is 0 Å². The number of nitrogens with one attached hydrogen (secondary N) is 2. The third-order valence-electron chi connectivity index (χ3n) is 5.63. The van der Waals surface area contributed by atoms with Crippen molar-refractivity contribution in [1.82, 2.24) is 9.97 Å². The molecule has 0 bridgehead atoms. The predicted molar refractivity (Wildman–Crippen MR) is 122 cm³/mol. The number of nitrogens with zero attached hydrogens (tertiary/aromatic N) is 2. The molecule has 0 spiro atoms. The Morgan fingerprint density at radius 1 is 0.833 bits per heavy atom. The Morgan fingerprint density at radius 3 is 2.23 bits per heavy atom. The molecule has 154 valence electrons. The molecule has 5 heteroatoms. The zero-order valence-corrected chi connectivity index (χ0v) is 18.3. The molecule has 3 aromatic rings. The van der Waals surface area contributed by atoms with Crippen molar-refractivity contribution in [2.45, 2.75) is 47.5 Å². The van der Waals surface area contributed by atoms with Crippen LogP contribution in [-0.2, 0) is 6.42 Å². The van der Waals surface area contributed by atoms with Gasteiger partial charge in [-0.15, -0.1) is 0 Å². The SMILES string of the molecule is Cc1ccc(Nc2nc(Nc3ccc(C)c(C)c3)nc3c2C(=O)CC(C)(C)C3)cc1. The van der Waals surface area contributed by atoms with E-state index in [0.717, 1.165) is 23.5 Å². The third-order valence-corrected chi connectivity index (χ3v) is 5.63. The number of aromatic nitrogens is 2. The van der Waals surface area contributed by atoms with Crippen LogP contribution in [0.25, 0.3) is 0 Å². The molecule has 0 unspecified atom stereocenters. The summed E-state index contributed by atoms with van der Waals surface area (Å²) in [5.41, 5.74) is 6.75. The van der Waals surface area contributed by atoms with Gasteiger partial charge in [-0.3, -0.25) is 4.79 Å². The lowest BCUT2D eigenvalue weighted by atomic mass is 9.75. The summed E-state index contributed by atoms with van der Waals surface area (Å²) < 4.78 is 0. The highest BCUT2D eigenvalue weighted by atomic mass is 16.1. The van der Waals surface area contributed by atoms with Gasteiger partial charge < -0.3 is 10.6 Å². The van der Waals surface area contributed by atoms with Crippen LogP contribution in [0, 0.1) is 26.2 Å². The lowest BCUT2D eigenvalue weighted by molar-refractivity contribution is 0.0911. The van der Waals surface area contributed by atoms with Crippen LogP contribution >= 0.6 is 0 Å². The second-order valence-corrected chi connectivity index (χ2v) is 9.07. The van der Waals surface area contributed by atoms with Gasteiger partial charge in [0.1, 0.15) is 5.82 Å². The second kappa shape index (κ2) is 7.56. The van der Waals surface area contributed by atoms with Crippen molar-refractivity contribution >= 4 is 28.9 Å². The number of fused-ring (bicyclic) bond motifs is 1. The number of carbonyl (C=O) groups excluding carboxylic acids is 1. The fraction of sp³-hybridized carbons (Fsp3) is 0.320. The summed E-state index contributed by atoms with van der Waals surface area (Å²) in [6.45, 7) is 10.4. The van der Waals surface area contributed by atoms with Crippen LogP contribution in [0.4, 0.5) is 23.1 Å². The third kappa shape index (κ3) is 4.20. The van der Waals surface area contributed by atoms with E-state index < -0.39 is 0 Å². The highest BCUT2D eigenvalue weighted by molar-refractivity contribution is 6.03. The number of hydrogen-bond donors (Lipinski definition) is 2. The monoisotopic (exact) mass is 400 g/mol. The summed E-state index contributed by atoms with van der Waals surface area (Å²) in [6, 6.07) is 14.3. The predicted octanol–water partition coefficient (Wildman–Crippen LogP) is 6.04. The molecule has 0 fully saturated rings. The zero-order chi connectivity index (χ0) is 21.5. The maximum absolute atomic E-state index is 13.0. The van der Waals surface area contributed by atoms with Gasteiger partial charge in [0.15, 0.2) is 5.78 Å². The average molecular weight is 401 g/mol. The first-order chi connectivity index (χ1) is 14.2. The molecule has 2 N–H and O–H groups in total. The standard InChI is InChI=1S/C25H28N4O/c1-15-6-9-18(10-7-15)26-23-22-20(13-25(4,5)14-21(22)30)28-24(29-23)27-19-11-8-16(2)17(3)12-19/h6-12H,13-14H2,1-5H3,(H2,26,27,28,29). The van der Waals surface area contributed by atoms with Gasteiger partial charge in [-0.1, -0.05) is 37.6 Å². The molecule has 0 atom stereocenters. The van der Waals surface area contributed by atoms with Gasteiger partial charge in [-0.05, 0) is 68.0 Å². The van der Waals surface area contributed by atoms with Gasteiger partial charge in [0.05, 0.1) is 11.3 Å². The molecule has 1 aliphatic carbocycles. The minimum absolute atomic E-state index is 0.0913. The van der Waals surface area contributed by atoms with E-state index in [1.807, 2.05) is 37.3 Å². The fourth-order valence-electron chi connectivity index (χ4n) is 3.84. The molecule has 2 aromatic carbocycles. The van der Waals surface area contributed by atoms with Gasteiger partial charge in [0, 0.05) is 17.8 Å². The quantitative estimate of drug-likeness (QED) is 0.558. The fourth-order valence-corrected chi connectivity index (χ4v) is 3.84. The van der Waals surface area contributed by atoms with E-state index in [1.165, 1.54) is 16.7 Å². The van der Waals surface area contributed by atoms with Crippen molar-refractivity contribution in [1.29, 1.82) is 0 Å². The number of anilines is 4. The van der Waals surface area contributed by atoms with E-state index in [1.54, 1.807) is 0 Å². The Morgan fingerprint density at radius 2 is 1.53 bits per heavy atom. The molecule has 30 heavy (non-hydrogen) atoms. The Kier molecular flexibility index (Phi) is 5.06. The number of benzene rings is 2. The normalized spacial score (nSPS) is 14.9. The summed E-state index contributed by atoms with van der Waals surface area (Å²) in [7, 11) is 0. The molecule has 4 rings (SSSR count). The minimum atomic E-state index is -0.114. The van der Waals surface area contributed by atoms with E-state index in [-0.39, 0.29) is 11.2 Å². The van der Waals surface area contributed by atoms with E-state index >= 15 is 0 Å². The minimum Gasteiger partial charge on any atom is -0.339 e. The van der Waals surface area contributed by atoms with Crippen LogP contribution < -0.4 is 10.6 Å². The average Bonchev–Trinajstić information content (AvgIpc) is 2.65. The Hall–Kier alpha value is -3.21. The number of rotatable bonds is 4. The van der Waals surface area contributed by atoms with Crippen molar-refractivity contribution in [3.63, 3.8) is 0 Å². The molecular weight excluding hydrogens is 372 g/mol. The summed E-state index contributed by atoms with van der Waals surface area (Å²) >= 11 is 0. The summed E-state index contributed by atoms with van der Waals surface area (Å²) in [5, 5.41) is 6.68. The molecule has 0 saturated heterocycles. The Bertz CT molecular complexity index is 1120. The first-order valence-corrected chi connectivity index (χ1v) is 10.3. The van der Waals surface area contributed by atoms with Crippen LogP contribution in [0.15, 0.2) is 42.5 Å². The highest BCUT2D eigenvalue weighted by Crippen LogP contribution is 2.37. The van der Waals surface area contributed by atoms with Gasteiger partial charge >= 0.3 is 0 Å². The van der Waals surface area contributed by atoms with E-state index in [0.29, 0.717) is 23.8 Å². The number of aryl methyl sites for hydroxylation is 3. The Labute approximate surface area is 178 Å². The number of ketones is 1.